The van der Waals surface area contributed by atoms with Crippen molar-refractivity contribution in [1.29, 1.82) is 0 Å². The quantitative estimate of drug-likeness (QED) is 0.714. The average Bonchev–Trinajstić information content (AvgIpc) is 2.58. The molecule has 1 saturated carbocycles. The van der Waals surface area contributed by atoms with Crippen LogP contribution in [0.4, 0.5) is 0 Å². The van der Waals surface area contributed by atoms with Gasteiger partial charge in [0.15, 0.2) is 0 Å². The Bertz CT molecular complexity index is 215. The number of carbonyl (C=O) groups excluding carboxylic acids is 1. The summed E-state index contributed by atoms with van der Waals surface area (Å²) in [6, 6.07) is 0.475. The fourth-order valence-corrected chi connectivity index (χ4v) is 3.06. The molecule has 14 heavy (non-hydrogen) atoms. The Morgan fingerprint density at radius 2 is 2.07 bits per heavy atom. The third-order valence-corrected chi connectivity index (χ3v) is 4.31. The second-order valence-corrected chi connectivity index (χ2v) is 5.19. The molecule has 0 bridgehead atoms. The standard InChI is InChI=1S/C11H18BrNO/c12-8-10-5-2-6-13(10)11(14)7-9-3-1-4-9/h9-10H,1-8H2. The predicted molar refractivity (Wildman–Crippen MR) is 60.5 cm³/mol. The summed E-state index contributed by atoms with van der Waals surface area (Å²) in [6.07, 6.45) is 7.06. The molecule has 2 rings (SSSR count). The minimum atomic E-state index is 0.400. The lowest BCUT2D eigenvalue weighted by Crippen LogP contribution is -2.38. The normalized spacial score (nSPS) is 27.8. The molecule has 0 radical (unpaired) electrons. The van der Waals surface area contributed by atoms with Crippen LogP contribution in [0.15, 0.2) is 0 Å². The van der Waals surface area contributed by atoms with Gasteiger partial charge in [0.05, 0.1) is 0 Å². The third-order valence-electron chi connectivity index (χ3n) is 3.56. The highest BCUT2D eigenvalue weighted by molar-refractivity contribution is 9.09. The summed E-state index contributed by atoms with van der Waals surface area (Å²) in [5.41, 5.74) is 0. The van der Waals surface area contributed by atoms with Crippen LogP contribution in [0, 0.1) is 5.92 Å². The van der Waals surface area contributed by atoms with Crippen molar-refractivity contribution in [2.75, 3.05) is 11.9 Å². The van der Waals surface area contributed by atoms with Crippen molar-refractivity contribution >= 4 is 21.8 Å². The van der Waals surface area contributed by atoms with Gasteiger partial charge >= 0.3 is 0 Å². The summed E-state index contributed by atoms with van der Waals surface area (Å²) >= 11 is 3.49. The van der Waals surface area contributed by atoms with Gasteiger partial charge in [0.25, 0.3) is 0 Å². The molecule has 2 aliphatic rings. The van der Waals surface area contributed by atoms with Crippen molar-refractivity contribution in [3.8, 4) is 0 Å². The second-order valence-electron chi connectivity index (χ2n) is 4.54. The van der Waals surface area contributed by atoms with Crippen molar-refractivity contribution in [1.82, 2.24) is 4.90 Å². The smallest absolute Gasteiger partial charge is 0.223 e. The first-order valence-electron chi connectivity index (χ1n) is 5.66. The van der Waals surface area contributed by atoms with E-state index >= 15 is 0 Å². The molecule has 80 valence electrons. The molecule has 2 fully saturated rings. The topological polar surface area (TPSA) is 20.3 Å². The minimum Gasteiger partial charge on any atom is -0.339 e. The van der Waals surface area contributed by atoms with E-state index in [0.29, 0.717) is 17.9 Å². The van der Waals surface area contributed by atoms with E-state index in [1.54, 1.807) is 0 Å². The summed E-state index contributed by atoms with van der Waals surface area (Å²) in [5, 5.41) is 0.948. The average molecular weight is 260 g/mol. The molecule has 0 aromatic heterocycles. The maximum Gasteiger partial charge on any atom is 0.223 e. The lowest BCUT2D eigenvalue weighted by Gasteiger charge is -2.29. The molecule has 3 heteroatoms. The van der Waals surface area contributed by atoms with Crippen LogP contribution < -0.4 is 0 Å². The fraction of sp³-hybridized carbons (Fsp3) is 0.909. The number of nitrogens with zero attached hydrogens (tertiary/aromatic N) is 1. The van der Waals surface area contributed by atoms with Crippen molar-refractivity contribution in [3.63, 3.8) is 0 Å². The number of carbonyl (C=O) groups is 1. The van der Waals surface area contributed by atoms with Gasteiger partial charge < -0.3 is 4.90 Å². The van der Waals surface area contributed by atoms with Crippen LogP contribution in [-0.2, 0) is 4.79 Å². The number of alkyl halides is 1. The Balaban J connectivity index is 1.83. The maximum absolute atomic E-state index is 11.9. The van der Waals surface area contributed by atoms with E-state index in [1.165, 1.54) is 32.1 Å². The zero-order chi connectivity index (χ0) is 9.97. The predicted octanol–water partition coefficient (Wildman–Crippen LogP) is 2.56. The van der Waals surface area contributed by atoms with Crippen LogP contribution in [0.3, 0.4) is 0 Å². The van der Waals surface area contributed by atoms with Crippen LogP contribution in [0.2, 0.25) is 0 Å². The van der Waals surface area contributed by atoms with Gasteiger partial charge in [-0.3, -0.25) is 4.79 Å². The molecular weight excluding hydrogens is 242 g/mol. The van der Waals surface area contributed by atoms with Crippen LogP contribution in [0.5, 0.6) is 0 Å². The molecular formula is C11H18BrNO. The van der Waals surface area contributed by atoms with Gasteiger partial charge in [0.2, 0.25) is 5.91 Å². The number of rotatable bonds is 3. The van der Waals surface area contributed by atoms with E-state index in [9.17, 15) is 4.79 Å². The van der Waals surface area contributed by atoms with E-state index in [1.807, 2.05) is 0 Å². The van der Waals surface area contributed by atoms with Crippen molar-refractivity contribution < 1.29 is 4.79 Å². The van der Waals surface area contributed by atoms with Gasteiger partial charge in [-0.15, -0.1) is 0 Å². The van der Waals surface area contributed by atoms with Crippen LogP contribution in [0.1, 0.15) is 38.5 Å². The van der Waals surface area contributed by atoms with E-state index in [2.05, 4.69) is 20.8 Å². The Morgan fingerprint density at radius 1 is 1.29 bits per heavy atom. The molecule has 1 heterocycles. The first-order valence-corrected chi connectivity index (χ1v) is 6.79. The molecule has 1 atom stereocenters. The van der Waals surface area contributed by atoms with Crippen LogP contribution in [-0.4, -0.2) is 28.7 Å². The number of likely N-dealkylation sites (tertiary alicyclic amines) is 1. The molecule has 1 aliphatic heterocycles. The molecule has 0 aromatic carbocycles. The van der Waals surface area contributed by atoms with Crippen molar-refractivity contribution in [2.45, 2.75) is 44.6 Å². The van der Waals surface area contributed by atoms with Crippen LogP contribution in [0.25, 0.3) is 0 Å². The van der Waals surface area contributed by atoms with Crippen molar-refractivity contribution in [2.24, 2.45) is 5.92 Å². The van der Waals surface area contributed by atoms with E-state index in [0.717, 1.165) is 18.3 Å². The molecule has 1 unspecified atom stereocenters. The lowest BCUT2D eigenvalue weighted by molar-refractivity contribution is -0.133. The highest BCUT2D eigenvalue weighted by Gasteiger charge is 2.30. The maximum atomic E-state index is 11.9. The summed E-state index contributed by atoms with van der Waals surface area (Å²) in [6.45, 7) is 0.988. The Kier molecular flexibility index (Phi) is 3.47. The zero-order valence-corrected chi connectivity index (χ0v) is 10.1. The third kappa shape index (κ3) is 2.13. The monoisotopic (exact) mass is 259 g/mol. The van der Waals surface area contributed by atoms with Crippen molar-refractivity contribution in [3.05, 3.63) is 0 Å². The highest BCUT2D eigenvalue weighted by atomic mass is 79.9. The molecule has 1 saturated heterocycles. The summed E-state index contributed by atoms with van der Waals surface area (Å²) < 4.78 is 0. The van der Waals surface area contributed by atoms with Gasteiger partial charge in [-0.1, -0.05) is 22.4 Å². The highest BCUT2D eigenvalue weighted by Crippen LogP contribution is 2.31. The van der Waals surface area contributed by atoms with E-state index in [4.69, 9.17) is 0 Å². The number of hydrogen-bond donors (Lipinski definition) is 0. The van der Waals surface area contributed by atoms with Crippen LogP contribution >= 0.6 is 15.9 Å². The largest absolute Gasteiger partial charge is 0.339 e. The summed E-state index contributed by atoms with van der Waals surface area (Å²) in [4.78, 5) is 14.0. The van der Waals surface area contributed by atoms with Gasteiger partial charge in [-0.25, -0.2) is 0 Å². The Hall–Kier alpha value is -0.0500. The first-order chi connectivity index (χ1) is 6.81. The number of hydrogen-bond acceptors (Lipinski definition) is 1. The molecule has 0 aromatic rings. The molecule has 1 amide bonds. The first kappa shape index (κ1) is 10.5. The molecule has 0 N–H and O–H groups in total. The lowest BCUT2D eigenvalue weighted by atomic mass is 9.82. The van der Waals surface area contributed by atoms with Gasteiger partial charge in [-0.05, 0) is 31.6 Å². The summed E-state index contributed by atoms with van der Waals surface area (Å²) in [5.74, 6) is 1.11. The molecule has 1 aliphatic carbocycles. The second kappa shape index (κ2) is 4.65. The summed E-state index contributed by atoms with van der Waals surface area (Å²) in [7, 11) is 0. The minimum absolute atomic E-state index is 0.400. The fourth-order valence-electron chi connectivity index (χ4n) is 2.39. The van der Waals surface area contributed by atoms with Gasteiger partial charge in [0, 0.05) is 24.3 Å². The molecule has 2 nitrogen and oxygen atoms in total. The van der Waals surface area contributed by atoms with E-state index < -0.39 is 0 Å². The zero-order valence-electron chi connectivity index (χ0n) is 8.54. The molecule has 0 spiro atoms. The number of halogens is 1. The van der Waals surface area contributed by atoms with Gasteiger partial charge in [0.1, 0.15) is 0 Å². The van der Waals surface area contributed by atoms with E-state index in [-0.39, 0.29) is 0 Å². The Morgan fingerprint density at radius 3 is 2.64 bits per heavy atom. The Labute approximate surface area is 94.2 Å². The number of amides is 1. The van der Waals surface area contributed by atoms with Gasteiger partial charge in [-0.2, -0.15) is 0 Å². The SMILES string of the molecule is O=C(CC1CCC1)N1CCCC1CBr.